The Morgan fingerprint density at radius 1 is 0.952 bits per heavy atom. The highest BCUT2D eigenvalue weighted by Gasteiger charge is 2.08. The van der Waals surface area contributed by atoms with Gasteiger partial charge in [0.2, 0.25) is 0 Å². The Bertz CT molecular complexity index is 594. The molecule has 0 unspecified atom stereocenters. The van der Waals surface area contributed by atoms with Crippen LogP contribution in [0.15, 0.2) is 40.9 Å². The first-order chi connectivity index (χ1) is 10.2. The van der Waals surface area contributed by atoms with Crippen molar-refractivity contribution in [1.82, 2.24) is 5.32 Å². The van der Waals surface area contributed by atoms with Crippen molar-refractivity contribution in [2.45, 2.75) is 6.54 Å². The maximum Gasteiger partial charge on any atom is 0.134 e. The molecule has 0 aliphatic rings. The molecule has 5 heteroatoms. The van der Waals surface area contributed by atoms with Crippen LogP contribution in [0.3, 0.4) is 0 Å². The van der Waals surface area contributed by atoms with E-state index in [2.05, 4.69) is 21.2 Å². The minimum absolute atomic E-state index is 0.668. The summed E-state index contributed by atoms with van der Waals surface area (Å²) in [6.45, 7) is 0.726. The third-order valence-electron chi connectivity index (χ3n) is 2.95. The zero-order valence-corrected chi connectivity index (χ0v) is 13.9. The third-order valence-corrected chi connectivity index (χ3v) is 3.44. The van der Waals surface area contributed by atoms with Crippen LogP contribution in [0.1, 0.15) is 5.56 Å². The predicted octanol–water partition coefficient (Wildman–Crippen LogP) is 3.98. The minimum atomic E-state index is 0.668. The fourth-order valence-electron chi connectivity index (χ4n) is 1.93. The van der Waals surface area contributed by atoms with Gasteiger partial charge in [0.05, 0.1) is 14.2 Å². The molecule has 0 saturated carbocycles. The van der Waals surface area contributed by atoms with E-state index >= 15 is 0 Å². The summed E-state index contributed by atoms with van der Waals surface area (Å²) >= 11 is 3.47. The van der Waals surface area contributed by atoms with E-state index in [0.717, 1.165) is 22.3 Å². The lowest BCUT2D eigenvalue weighted by molar-refractivity contribution is 0.386. The van der Waals surface area contributed by atoms with Crippen LogP contribution in [0, 0.1) is 0 Å². The second kappa shape index (κ2) is 7.33. The van der Waals surface area contributed by atoms with Gasteiger partial charge in [-0.2, -0.15) is 0 Å². The lowest BCUT2D eigenvalue weighted by Gasteiger charge is -2.13. The smallest absolute Gasteiger partial charge is 0.134 e. The van der Waals surface area contributed by atoms with Gasteiger partial charge in [-0.1, -0.05) is 22.0 Å². The van der Waals surface area contributed by atoms with Gasteiger partial charge in [0.15, 0.2) is 0 Å². The Morgan fingerprint density at radius 2 is 1.57 bits per heavy atom. The number of methoxy groups -OCH3 is 2. The average molecular weight is 352 g/mol. The molecular formula is C16H18BrNO3. The van der Waals surface area contributed by atoms with Crippen molar-refractivity contribution in [3.8, 4) is 23.0 Å². The fourth-order valence-corrected chi connectivity index (χ4v) is 2.27. The Morgan fingerprint density at radius 3 is 2.14 bits per heavy atom. The number of benzene rings is 2. The molecule has 2 aromatic rings. The average Bonchev–Trinajstić information content (AvgIpc) is 2.49. The molecule has 2 aromatic carbocycles. The Hall–Kier alpha value is -1.72. The van der Waals surface area contributed by atoms with Crippen molar-refractivity contribution in [3.63, 3.8) is 0 Å². The molecule has 112 valence electrons. The Kier molecular flexibility index (Phi) is 5.47. The van der Waals surface area contributed by atoms with Crippen LogP contribution in [0.5, 0.6) is 23.0 Å². The van der Waals surface area contributed by atoms with Crippen LogP contribution in [0.2, 0.25) is 0 Å². The highest BCUT2D eigenvalue weighted by molar-refractivity contribution is 9.10. The van der Waals surface area contributed by atoms with E-state index in [9.17, 15) is 0 Å². The molecular weight excluding hydrogens is 334 g/mol. The summed E-state index contributed by atoms with van der Waals surface area (Å²) in [6.07, 6.45) is 0. The SMILES string of the molecule is CNCc1ccc(Br)cc1Oc1cc(OC)cc(OC)c1. The zero-order chi connectivity index (χ0) is 15.2. The van der Waals surface area contributed by atoms with Crippen LogP contribution in [0.25, 0.3) is 0 Å². The van der Waals surface area contributed by atoms with E-state index in [1.54, 1.807) is 14.2 Å². The highest BCUT2D eigenvalue weighted by atomic mass is 79.9. The molecule has 0 aromatic heterocycles. The molecule has 0 bridgehead atoms. The number of rotatable bonds is 6. The lowest BCUT2D eigenvalue weighted by Crippen LogP contribution is -2.06. The molecule has 4 nitrogen and oxygen atoms in total. The Labute approximate surface area is 133 Å². The number of hydrogen-bond acceptors (Lipinski definition) is 4. The maximum atomic E-state index is 6.00. The third kappa shape index (κ3) is 4.12. The molecule has 0 amide bonds. The van der Waals surface area contributed by atoms with E-state index in [-0.39, 0.29) is 0 Å². The molecule has 21 heavy (non-hydrogen) atoms. The Balaban J connectivity index is 2.34. The van der Waals surface area contributed by atoms with Gasteiger partial charge < -0.3 is 19.5 Å². The normalized spacial score (nSPS) is 10.3. The zero-order valence-electron chi connectivity index (χ0n) is 12.3. The van der Waals surface area contributed by atoms with Gasteiger partial charge in [-0.05, 0) is 19.2 Å². The van der Waals surface area contributed by atoms with Gasteiger partial charge in [0.1, 0.15) is 23.0 Å². The van der Waals surface area contributed by atoms with Crippen molar-refractivity contribution >= 4 is 15.9 Å². The minimum Gasteiger partial charge on any atom is -0.496 e. The molecule has 0 saturated heterocycles. The summed E-state index contributed by atoms with van der Waals surface area (Å²) in [4.78, 5) is 0. The molecule has 0 spiro atoms. The molecule has 0 radical (unpaired) electrons. The summed E-state index contributed by atoms with van der Waals surface area (Å²) in [5, 5.41) is 3.13. The number of ether oxygens (including phenoxy) is 3. The fraction of sp³-hybridized carbons (Fsp3) is 0.250. The van der Waals surface area contributed by atoms with Gasteiger partial charge in [-0.25, -0.2) is 0 Å². The van der Waals surface area contributed by atoms with E-state index in [0.29, 0.717) is 17.2 Å². The largest absolute Gasteiger partial charge is 0.496 e. The van der Waals surface area contributed by atoms with Crippen LogP contribution in [-0.2, 0) is 6.54 Å². The van der Waals surface area contributed by atoms with Gasteiger partial charge in [-0.3, -0.25) is 0 Å². The van der Waals surface area contributed by atoms with Gasteiger partial charge >= 0.3 is 0 Å². The summed E-state index contributed by atoms with van der Waals surface area (Å²) in [5.74, 6) is 2.83. The van der Waals surface area contributed by atoms with Gasteiger partial charge in [-0.15, -0.1) is 0 Å². The molecule has 0 heterocycles. The second-order valence-electron chi connectivity index (χ2n) is 4.43. The molecule has 0 fully saturated rings. The molecule has 0 atom stereocenters. The molecule has 1 N–H and O–H groups in total. The van der Waals surface area contributed by atoms with Gasteiger partial charge in [0.25, 0.3) is 0 Å². The standard InChI is InChI=1S/C16H18BrNO3/c1-18-10-11-4-5-12(17)6-16(11)21-15-8-13(19-2)7-14(9-15)20-3/h4-9,18H,10H2,1-3H3. The summed E-state index contributed by atoms with van der Waals surface area (Å²) in [7, 11) is 5.13. The summed E-state index contributed by atoms with van der Waals surface area (Å²) < 4.78 is 17.5. The predicted molar refractivity (Wildman–Crippen MR) is 86.5 cm³/mol. The van der Waals surface area contributed by atoms with E-state index in [4.69, 9.17) is 14.2 Å². The lowest BCUT2D eigenvalue weighted by atomic mass is 10.2. The summed E-state index contributed by atoms with van der Waals surface area (Å²) in [5.41, 5.74) is 1.07. The number of hydrogen-bond donors (Lipinski definition) is 1. The monoisotopic (exact) mass is 351 g/mol. The quantitative estimate of drug-likeness (QED) is 0.854. The first-order valence-electron chi connectivity index (χ1n) is 6.50. The van der Waals surface area contributed by atoms with E-state index in [1.165, 1.54) is 0 Å². The maximum absolute atomic E-state index is 6.00. The molecule has 0 aliphatic heterocycles. The number of nitrogens with one attached hydrogen (secondary N) is 1. The molecule has 2 rings (SSSR count). The van der Waals surface area contributed by atoms with Crippen molar-refractivity contribution in [2.24, 2.45) is 0 Å². The van der Waals surface area contributed by atoms with E-state index < -0.39 is 0 Å². The second-order valence-corrected chi connectivity index (χ2v) is 5.35. The molecule has 0 aliphatic carbocycles. The van der Waals surface area contributed by atoms with Crippen LogP contribution < -0.4 is 19.5 Å². The van der Waals surface area contributed by atoms with Gasteiger partial charge in [0, 0.05) is 34.8 Å². The van der Waals surface area contributed by atoms with Crippen LogP contribution in [0.4, 0.5) is 0 Å². The highest BCUT2D eigenvalue weighted by Crippen LogP contribution is 2.33. The van der Waals surface area contributed by atoms with Crippen LogP contribution >= 0.6 is 15.9 Å². The first-order valence-corrected chi connectivity index (χ1v) is 7.29. The number of halogens is 1. The van der Waals surface area contributed by atoms with E-state index in [1.807, 2.05) is 43.4 Å². The van der Waals surface area contributed by atoms with Crippen molar-refractivity contribution in [3.05, 3.63) is 46.4 Å². The topological polar surface area (TPSA) is 39.7 Å². The van der Waals surface area contributed by atoms with Crippen molar-refractivity contribution < 1.29 is 14.2 Å². The van der Waals surface area contributed by atoms with Crippen molar-refractivity contribution in [1.29, 1.82) is 0 Å². The summed E-state index contributed by atoms with van der Waals surface area (Å²) in [6, 6.07) is 11.4. The van der Waals surface area contributed by atoms with Crippen molar-refractivity contribution in [2.75, 3.05) is 21.3 Å². The van der Waals surface area contributed by atoms with Crippen LogP contribution in [-0.4, -0.2) is 21.3 Å². The first kappa shape index (κ1) is 15.7.